The predicted octanol–water partition coefficient (Wildman–Crippen LogP) is 19.3. The zero-order chi connectivity index (χ0) is 49.4. The van der Waals surface area contributed by atoms with E-state index in [4.69, 9.17) is 24.3 Å². The van der Waals surface area contributed by atoms with Crippen molar-refractivity contribution < 1.29 is 32.8 Å². The maximum atomic E-state index is 12.7. The molecule has 0 fully saturated rings. The number of nitrogens with two attached hydrogens (primary N) is 1. The van der Waals surface area contributed by atoms with Gasteiger partial charge in [-0.2, -0.15) is 0 Å². The Kier molecular flexibility index (Phi) is 56.5. The summed E-state index contributed by atoms with van der Waals surface area (Å²) in [7, 11) is -4.28. The summed E-state index contributed by atoms with van der Waals surface area (Å²) in [6.45, 7) is 5.01. The van der Waals surface area contributed by atoms with E-state index in [1.54, 1.807) is 0 Å². The number of carbonyl (C=O) groups is 1. The van der Waals surface area contributed by atoms with Gasteiger partial charge in [0.05, 0.1) is 19.8 Å². The molecule has 0 spiro atoms. The average molecular weight is 985 g/mol. The van der Waals surface area contributed by atoms with Crippen molar-refractivity contribution in [3.05, 3.63) is 12.2 Å². The second-order valence-electron chi connectivity index (χ2n) is 20.6. The zero-order valence-electron chi connectivity index (χ0n) is 45.6. The van der Waals surface area contributed by atoms with Gasteiger partial charge in [-0.1, -0.05) is 289 Å². The van der Waals surface area contributed by atoms with Gasteiger partial charge in [0.2, 0.25) is 0 Å². The van der Waals surface area contributed by atoms with Crippen LogP contribution >= 0.6 is 7.82 Å². The summed E-state index contributed by atoms with van der Waals surface area (Å²) in [5.74, 6) is -0.321. The van der Waals surface area contributed by atoms with Gasteiger partial charge in [-0.25, -0.2) is 4.57 Å². The molecule has 68 heavy (non-hydrogen) atoms. The molecule has 0 aromatic rings. The minimum Gasteiger partial charge on any atom is -0.457 e. The van der Waals surface area contributed by atoms with E-state index >= 15 is 0 Å². The van der Waals surface area contributed by atoms with Crippen LogP contribution in [-0.4, -0.2) is 49.9 Å². The van der Waals surface area contributed by atoms with E-state index in [1.165, 1.54) is 270 Å². The molecule has 2 atom stereocenters. The van der Waals surface area contributed by atoms with E-state index in [9.17, 15) is 14.3 Å². The summed E-state index contributed by atoms with van der Waals surface area (Å²) in [6, 6.07) is 0. The number of phosphoric ester groups is 1. The van der Waals surface area contributed by atoms with Crippen molar-refractivity contribution in [1.82, 2.24) is 0 Å². The molecule has 0 saturated heterocycles. The Balaban J connectivity index is 3.81. The number of unbranched alkanes of at least 4 members (excludes halogenated alkanes) is 44. The summed E-state index contributed by atoms with van der Waals surface area (Å²) in [6.07, 6.45) is 67.1. The van der Waals surface area contributed by atoms with Crippen LogP contribution in [0.25, 0.3) is 0 Å². The molecule has 0 bridgehead atoms. The Morgan fingerprint density at radius 3 is 1.07 bits per heavy atom. The Hall–Kier alpha value is -0.760. The van der Waals surface area contributed by atoms with E-state index in [-0.39, 0.29) is 32.3 Å². The van der Waals surface area contributed by atoms with Crippen LogP contribution in [0.5, 0.6) is 0 Å². The van der Waals surface area contributed by atoms with Crippen molar-refractivity contribution in [3.63, 3.8) is 0 Å². The fourth-order valence-corrected chi connectivity index (χ4v) is 10.00. The van der Waals surface area contributed by atoms with Gasteiger partial charge in [0.25, 0.3) is 0 Å². The number of carbonyl (C=O) groups excluding carboxylic acids is 1. The highest BCUT2D eigenvalue weighted by Gasteiger charge is 2.25. The van der Waals surface area contributed by atoms with Crippen LogP contribution in [-0.2, 0) is 27.9 Å². The summed E-state index contributed by atoms with van der Waals surface area (Å²) >= 11 is 0. The second kappa shape index (κ2) is 57.1. The normalized spacial score (nSPS) is 13.2. The summed E-state index contributed by atoms with van der Waals surface area (Å²) in [5, 5.41) is 0. The third-order valence-electron chi connectivity index (χ3n) is 13.7. The first-order valence-corrected chi connectivity index (χ1v) is 31.7. The standard InChI is InChI=1S/C59H118NO7P/c1-3-5-7-9-11-13-15-17-19-21-23-25-27-29-30-32-34-36-38-40-42-44-46-48-50-52-59(61)67-58(57-66-68(62,63)65-55-53-60)56-64-54-51-49-47-45-43-41-39-37-35-33-31-28-26-24-22-20-18-16-14-12-10-8-6-4-2/h21,23,58H,3-20,22,24-57,60H2,1-2H3,(H,62,63)/b23-21-. The van der Waals surface area contributed by atoms with E-state index < -0.39 is 13.9 Å². The lowest BCUT2D eigenvalue weighted by molar-refractivity contribution is -0.154. The largest absolute Gasteiger partial charge is 0.472 e. The lowest BCUT2D eigenvalue weighted by Gasteiger charge is -2.20. The number of esters is 1. The van der Waals surface area contributed by atoms with Crippen LogP contribution < -0.4 is 5.73 Å². The van der Waals surface area contributed by atoms with Gasteiger partial charge < -0.3 is 20.1 Å². The first kappa shape index (κ1) is 67.2. The van der Waals surface area contributed by atoms with Crippen LogP contribution in [0, 0.1) is 0 Å². The lowest BCUT2D eigenvalue weighted by atomic mass is 10.0. The van der Waals surface area contributed by atoms with Crippen molar-refractivity contribution in [2.24, 2.45) is 5.73 Å². The van der Waals surface area contributed by atoms with Gasteiger partial charge in [0.15, 0.2) is 0 Å². The quantitative estimate of drug-likeness (QED) is 0.0268. The first-order chi connectivity index (χ1) is 33.4. The molecule has 2 unspecified atom stereocenters. The van der Waals surface area contributed by atoms with E-state index in [0.717, 1.165) is 32.1 Å². The number of rotatable bonds is 59. The molecule has 0 aromatic carbocycles. The van der Waals surface area contributed by atoms with Crippen LogP contribution in [0.3, 0.4) is 0 Å². The average Bonchev–Trinajstić information content (AvgIpc) is 3.33. The van der Waals surface area contributed by atoms with E-state index in [1.807, 2.05) is 0 Å². The van der Waals surface area contributed by atoms with Crippen LogP contribution in [0.4, 0.5) is 0 Å². The van der Waals surface area contributed by atoms with Crippen molar-refractivity contribution in [2.45, 2.75) is 328 Å². The molecule has 0 aliphatic carbocycles. The monoisotopic (exact) mass is 984 g/mol. The maximum Gasteiger partial charge on any atom is 0.472 e. The number of ether oxygens (including phenoxy) is 2. The maximum absolute atomic E-state index is 12.7. The molecule has 0 radical (unpaired) electrons. The molecular weight excluding hydrogens is 866 g/mol. The molecule has 0 amide bonds. The second-order valence-corrected chi connectivity index (χ2v) is 22.0. The SMILES string of the molecule is CCCCCCCCCC/C=C\CCCCCCCCCCCCCCCC(=O)OC(COCCCCCCCCCCCCCCCCCCCCCCCCCC)COP(=O)(O)OCCN. The van der Waals surface area contributed by atoms with Gasteiger partial charge in [-0.15, -0.1) is 0 Å². The van der Waals surface area contributed by atoms with Crippen molar-refractivity contribution in [2.75, 3.05) is 33.0 Å². The number of phosphoric acid groups is 1. The number of hydrogen-bond donors (Lipinski definition) is 2. The van der Waals surface area contributed by atoms with Crippen molar-refractivity contribution in [3.8, 4) is 0 Å². The molecule has 0 saturated carbocycles. The number of allylic oxidation sites excluding steroid dienone is 2. The molecule has 0 aliphatic rings. The summed E-state index contributed by atoms with van der Waals surface area (Å²) < 4.78 is 33.7. The first-order valence-electron chi connectivity index (χ1n) is 30.2. The smallest absolute Gasteiger partial charge is 0.457 e. The van der Waals surface area contributed by atoms with Crippen LogP contribution in [0.2, 0.25) is 0 Å². The Labute approximate surface area is 424 Å². The minimum atomic E-state index is -4.28. The summed E-state index contributed by atoms with van der Waals surface area (Å²) in [5.41, 5.74) is 5.41. The van der Waals surface area contributed by atoms with Gasteiger partial charge in [-0.3, -0.25) is 13.8 Å². The van der Waals surface area contributed by atoms with Crippen molar-refractivity contribution in [1.29, 1.82) is 0 Å². The Morgan fingerprint density at radius 1 is 0.426 bits per heavy atom. The molecule has 0 aliphatic heterocycles. The Morgan fingerprint density at radius 2 is 0.735 bits per heavy atom. The van der Waals surface area contributed by atoms with Gasteiger partial charge >= 0.3 is 13.8 Å². The van der Waals surface area contributed by atoms with E-state index in [2.05, 4.69) is 26.0 Å². The van der Waals surface area contributed by atoms with E-state index in [0.29, 0.717) is 13.0 Å². The highest BCUT2D eigenvalue weighted by atomic mass is 31.2. The molecule has 406 valence electrons. The minimum absolute atomic E-state index is 0.0911. The molecule has 0 rings (SSSR count). The van der Waals surface area contributed by atoms with Gasteiger partial charge in [0, 0.05) is 19.6 Å². The van der Waals surface area contributed by atoms with Crippen molar-refractivity contribution >= 4 is 13.8 Å². The van der Waals surface area contributed by atoms with Crippen LogP contribution in [0.15, 0.2) is 12.2 Å². The Bertz CT molecular complexity index is 1060. The van der Waals surface area contributed by atoms with Gasteiger partial charge in [-0.05, 0) is 38.5 Å². The topological polar surface area (TPSA) is 117 Å². The van der Waals surface area contributed by atoms with Crippen LogP contribution in [0.1, 0.15) is 322 Å². The zero-order valence-corrected chi connectivity index (χ0v) is 46.5. The molecule has 0 aromatic heterocycles. The summed E-state index contributed by atoms with van der Waals surface area (Å²) in [4.78, 5) is 22.7. The lowest BCUT2D eigenvalue weighted by Crippen LogP contribution is -2.28. The predicted molar refractivity (Wildman–Crippen MR) is 294 cm³/mol. The highest BCUT2D eigenvalue weighted by Crippen LogP contribution is 2.43. The molecule has 9 heteroatoms. The third-order valence-corrected chi connectivity index (χ3v) is 14.7. The molecule has 3 N–H and O–H groups in total. The molecule has 8 nitrogen and oxygen atoms in total. The fourth-order valence-electron chi connectivity index (χ4n) is 9.23. The third kappa shape index (κ3) is 56.2. The molecular formula is C59H118NO7P. The van der Waals surface area contributed by atoms with Gasteiger partial charge in [0.1, 0.15) is 6.10 Å². The highest BCUT2D eigenvalue weighted by molar-refractivity contribution is 7.47. The fraction of sp³-hybridized carbons (Fsp3) is 0.949. The number of hydrogen-bond acceptors (Lipinski definition) is 7. The molecule has 0 heterocycles.